The Labute approximate surface area is 118 Å². The van der Waals surface area contributed by atoms with E-state index in [1.807, 2.05) is 19.9 Å². The smallest absolute Gasteiger partial charge is 0.194 e. The maximum Gasteiger partial charge on any atom is 0.194 e. The van der Waals surface area contributed by atoms with Gasteiger partial charge in [-0.1, -0.05) is 38.5 Å². The first-order valence-corrected chi connectivity index (χ1v) is 7.09. The summed E-state index contributed by atoms with van der Waals surface area (Å²) in [6.07, 6.45) is 3.94. The Morgan fingerprint density at radius 2 is 1.80 bits per heavy atom. The van der Waals surface area contributed by atoms with Crippen molar-refractivity contribution < 1.29 is 13.2 Å². The van der Waals surface area contributed by atoms with E-state index in [1.165, 1.54) is 11.6 Å². The lowest BCUT2D eigenvalue weighted by Crippen LogP contribution is -2.37. The maximum atomic E-state index is 14.2. The Morgan fingerprint density at radius 3 is 2.40 bits per heavy atom. The van der Waals surface area contributed by atoms with Crippen LogP contribution in [-0.4, -0.2) is 0 Å². The van der Waals surface area contributed by atoms with Gasteiger partial charge >= 0.3 is 0 Å². The van der Waals surface area contributed by atoms with Crippen LogP contribution in [0, 0.1) is 29.3 Å². The molecule has 110 valence electrons. The highest BCUT2D eigenvalue weighted by molar-refractivity contribution is 5.36. The standard InChI is InChI=1S/C17H21F3/c1-10(2)12-6-5-11(3)9-17(12,4)13-7-8-14(18)16(20)15(13)19/h7-10,12H,5-6H2,1-4H3/t12?,17-/m0/s1. The topological polar surface area (TPSA) is 0 Å². The molecule has 0 saturated carbocycles. The van der Waals surface area contributed by atoms with E-state index in [0.29, 0.717) is 5.92 Å². The molecule has 2 rings (SSSR count). The van der Waals surface area contributed by atoms with Crippen molar-refractivity contribution in [1.29, 1.82) is 0 Å². The van der Waals surface area contributed by atoms with Crippen LogP contribution in [0.15, 0.2) is 23.8 Å². The van der Waals surface area contributed by atoms with Crippen molar-refractivity contribution in [3.8, 4) is 0 Å². The molecule has 20 heavy (non-hydrogen) atoms. The van der Waals surface area contributed by atoms with Gasteiger partial charge in [-0.25, -0.2) is 13.2 Å². The Balaban J connectivity index is 2.62. The van der Waals surface area contributed by atoms with Gasteiger partial charge in [0.2, 0.25) is 0 Å². The molecule has 1 aliphatic rings. The molecule has 2 atom stereocenters. The summed E-state index contributed by atoms with van der Waals surface area (Å²) >= 11 is 0. The molecule has 0 aromatic heterocycles. The van der Waals surface area contributed by atoms with Gasteiger partial charge in [-0.05, 0) is 37.7 Å². The highest BCUT2D eigenvalue weighted by atomic mass is 19.2. The number of allylic oxidation sites excluding steroid dienone is 2. The van der Waals surface area contributed by atoms with E-state index in [9.17, 15) is 13.2 Å². The van der Waals surface area contributed by atoms with Crippen molar-refractivity contribution in [3.05, 3.63) is 46.8 Å². The van der Waals surface area contributed by atoms with Crippen molar-refractivity contribution in [2.24, 2.45) is 11.8 Å². The predicted octanol–water partition coefficient (Wildman–Crippen LogP) is 5.37. The third-order valence-corrected chi connectivity index (χ3v) is 4.59. The highest BCUT2D eigenvalue weighted by Crippen LogP contribution is 2.46. The van der Waals surface area contributed by atoms with E-state index in [1.54, 1.807) is 0 Å². The lowest BCUT2D eigenvalue weighted by Gasteiger charge is -2.42. The van der Waals surface area contributed by atoms with Gasteiger partial charge in [0, 0.05) is 11.0 Å². The molecular weight excluding hydrogens is 261 g/mol. The molecule has 1 aromatic carbocycles. The first-order valence-electron chi connectivity index (χ1n) is 7.09. The average Bonchev–Trinajstić information content (AvgIpc) is 2.35. The Kier molecular flexibility index (Phi) is 3.99. The molecule has 0 bridgehead atoms. The second-order valence-electron chi connectivity index (χ2n) is 6.39. The molecule has 0 aliphatic heterocycles. The second-order valence-corrected chi connectivity index (χ2v) is 6.39. The first kappa shape index (κ1) is 15.1. The monoisotopic (exact) mass is 282 g/mol. The summed E-state index contributed by atoms with van der Waals surface area (Å²) in [5.41, 5.74) is 0.845. The van der Waals surface area contributed by atoms with Gasteiger partial charge in [0.25, 0.3) is 0 Å². The summed E-state index contributed by atoms with van der Waals surface area (Å²) in [6, 6.07) is 2.41. The van der Waals surface area contributed by atoms with E-state index < -0.39 is 22.9 Å². The minimum atomic E-state index is -1.37. The van der Waals surface area contributed by atoms with Crippen LogP contribution in [-0.2, 0) is 5.41 Å². The fourth-order valence-corrected chi connectivity index (χ4v) is 3.62. The van der Waals surface area contributed by atoms with Gasteiger partial charge in [-0.2, -0.15) is 0 Å². The number of halogens is 3. The van der Waals surface area contributed by atoms with E-state index in [4.69, 9.17) is 0 Å². The number of rotatable bonds is 2. The van der Waals surface area contributed by atoms with Crippen molar-refractivity contribution >= 4 is 0 Å². The third-order valence-electron chi connectivity index (χ3n) is 4.59. The predicted molar refractivity (Wildman–Crippen MR) is 75.0 cm³/mol. The Hall–Kier alpha value is -1.25. The Bertz CT molecular complexity index is 545. The molecule has 0 saturated heterocycles. The normalized spacial score (nSPS) is 26.8. The van der Waals surface area contributed by atoms with Crippen LogP contribution in [0.4, 0.5) is 13.2 Å². The van der Waals surface area contributed by atoms with Crippen LogP contribution in [0.25, 0.3) is 0 Å². The highest BCUT2D eigenvalue weighted by Gasteiger charge is 2.40. The van der Waals surface area contributed by atoms with E-state index in [-0.39, 0.29) is 11.5 Å². The third kappa shape index (κ3) is 2.38. The molecule has 0 amide bonds. The number of hydrogen-bond acceptors (Lipinski definition) is 0. The SMILES string of the molecule is CC1=C[C@](C)(c2ccc(F)c(F)c2F)C(C(C)C)CC1. The number of hydrogen-bond donors (Lipinski definition) is 0. The fraction of sp³-hybridized carbons (Fsp3) is 0.529. The van der Waals surface area contributed by atoms with Crippen LogP contribution >= 0.6 is 0 Å². The quantitative estimate of drug-likeness (QED) is 0.505. The van der Waals surface area contributed by atoms with Gasteiger partial charge < -0.3 is 0 Å². The summed E-state index contributed by atoms with van der Waals surface area (Å²) in [7, 11) is 0. The van der Waals surface area contributed by atoms with E-state index in [0.717, 1.165) is 18.9 Å². The lowest BCUT2D eigenvalue weighted by atomic mass is 9.62. The average molecular weight is 282 g/mol. The van der Waals surface area contributed by atoms with Crippen molar-refractivity contribution in [2.45, 2.75) is 46.0 Å². The second kappa shape index (κ2) is 5.27. The zero-order valence-electron chi connectivity index (χ0n) is 12.4. The molecular formula is C17H21F3. The first-order chi connectivity index (χ1) is 9.27. The van der Waals surface area contributed by atoms with Crippen molar-refractivity contribution in [1.82, 2.24) is 0 Å². The summed E-state index contributed by atoms with van der Waals surface area (Å²) in [5.74, 6) is -3.00. The van der Waals surface area contributed by atoms with Crippen LogP contribution in [0.2, 0.25) is 0 Å². The van der Waals surface area contributed by atoms with Crippen LogP contribution in [0.1, 0.15) is 46.1 Å². The molecule has 1 unspecified atom stereocenters. The van der Waals surface area contributed by atoms with E-state index in [2.05, 4.69) is 13.8 Å². The molecule has 1 aliphatic carbocycles. The van der Waals surface area contributed by atoms with E-state index >= 15 is 0 Å². The Morgan fingerprint density at radius 1 is 1.15 bits per heavy atom. The molecule has 0 fully saturated rings. The van der Waals surface area contributed by atoms with Crippen molar-refractivity contribution in [3.63, 3.8) is 0 Å². The number of benzene rings is 1. The van der Waals surface area contributed by atoms with Gasteiger partial charge in [0.1, 0.15) is 0 Å². The zero-order valence-corrected chi connectivity index (χ0v) is 12.4. The van der Waals surface area contributed by atoms with Gasteiger partial charge in [-0.15, -0.1) is 0 Å². The summed E-state index contributed by atoms with van der Waals surface area (Å²) in [4.78, 5) is 0. The van der Waals surface area contributed by atoms with Gasteiger partial charge in [0.05, 0.1) is 0 Å². The van der Waals surface area contributed by atoms with Crippen LogP contribution in [0.5, 0.6) is 0 Å². The minimum Gasteiger partial charge on any atom is -0.204 e. The lowest BCUT2D eigenvalue weighted by molar-refractivity contribution is 0.230. The molecule has 0 radical (unpaired) electrons. The zero-order chi connectivity index (χ0) is 15.1. The van der Waals surface area contributed by atoms with Gasteiger partial charge in [-0.3, -0.25) is 0 Å². The molecule has 0 spiro atoms. The summed E-state index contributed by atoms with van der Waals surface area (Å²) in [5, 5.41) is 0. The molecule has 0 N–H and O–H groups in total. The van der Waals surface area contributed by atoms with Crippen LogP contribution in [0.3, 0.4) is 0 Å². The summed E-state index contributed by atoms with van der Waals surface area (Å²) in [6.45, 7) is 8.12. The fourth-order valence-electron chi connectivity index (χ4n) is 3.62. The van der Waals surface area contributed by atoms with Crippen LogP contribution < -0.4 is 0 Å². The minimum absolute atomic E-state index is 0.213. The molecule has 0 heterocycles. The molecule has 0 nitrogen and oxygen atoms in total. The maximum absolute atomic E-state index is 14.2. The van der Waals surface area contributed by atoms with Gasteiger partial charge in [0.15, 0.2) is 17.5 Å². The van der Waals surface area contributed by atoms with Crippen molar-refractivity contribution in [2.75, 3.05) is 0 Å². The molecule has 3 heteroatoms. The largest absolute Gasteiger partial charge is 0.204 e. The summed E-state index contributed by atoms with van der Waals surface area (Å²) < 4.78 is 40.9. The molecule has 1 aromatic rings.